The van der Waals surface area contributed by atoms with Gasteiger partial charge in [0.15, 0.2) is 0 Å². The minimum absolute atomic E-state index is 1.02. The van der Waals surface area contributed by atoms with E-state index in [-0.39, 0.29) is 0 Å². The monoisotopic (exact) mass is 200 g/mol. The average molecular weight is 200 g/mol. The molecule has 2 N–H and O–H groups in total. The molecule has 13 heavy (non-hydrogen) atoms. The van der Waals surface area contributed by atoms with Crippen LogP contribution >= 0.6 is 0 Å². The van der Waals surface area contributed by atoms with Gasteiger partial charge in [-0.1, -0.05) is 13.7 Å². The van der Waals surface area contributed by atoms with E-state index in [9.17, 15) is 0 Å². The minimum atomic E-state index is -4.50. The topological polar surface area (TPSA) is 26.0 Å². The van der Waals surface area contributed by atoms with Crippen molar-refractivity contribution in [3.63, 3.8) is 0 Å². The maximum atomic E-state index is 8.76. The lowest BCUT2D eigenvalue weighted by Crippen LogP contribution is -2.62. The molecule has 0 aliphatic heterocycles. The van der Waals surface area contributed by atoms with Crippen LogP contribution in [-0.4, -0.2) is 5.54 Å². The smallest absolute Gasteiger partial charge is 0.119 e. The second-order valence-corrected chi connectivity index (χ2v) is 3.34. The molecule has 0 spiro atoms. The van der Waals surface area contributed by atoms with Gasteiger partial charge in [0.1, 0.15) is 2.82 Å². The third-order valence-corrected chi connectivity index (χ3v) is 2.04. The summed E-state index contributed by atoms with van der Waals surface area (Å²) in [6, 6.07) is 0. The lowest BCUT2D eigenvalue weighted by molar-refractivity contribution is -0.104. The van der Waals surface area contributed by atoms with E-state index < -0.39 is 79.9 Å². The van der Waals surface area contributed by atoms with Gasteiger partial charge in [0.05, 0.1) is 0 Å². The highest BCUT2D eigenvalue weighted by molar-refractivity contribution is 5.12. The van der Waals surface area contributed by atoms with Crippen molar-refractivity contribution in [1.29, 1.82) is 0 Å². The maximum absolute atomic E-state index is 8.76. The Morgan fingerprint density at radius 3 is 2.54 bits per heavy atom. The SMILES string of the molecule is [2H]N([2H])C12C([2H])([2H])C3([2H])C([2H])([2H])C(C([2H])([2H])[2H])(C1([2H])[2H])C([2H])([2H])C(C([2H])([2H])[2H])(C3([2H])[2H])C2([2H])[2H]. The Labute approximate surface area is 111 Å². The Morgan fingerprint density at radius 2 is 2.00 bits per heavy atom. The first-order valence-electron chi connectivity index (χ1n) is 14.1. The van der Waals surface area contributed by atoms with E-state index >= 15 is 0 Å². The predicted octanol–water partition coefficient (Wildman–Crippen LogP) is 2.69. The summed E-state index contributed by atoms with van der Waals surface area (Å²) < 4.78 is 176. The normalized spacial score (nSPS) is 119. The van der Waals surface area contributed by atoms with Gasteiger partial charge < -0.3 is 5.72 Å². The molecule has 0 aromatic rings. The Hall–Kier alpha value is -0.0400. The minimum Gasteiger partial charge on any atom is -0.325 e. The molecule has 0 aromatic carbocycles. The number of hydrogen-bond acceptors (Lipinski definition) is 1. The molecule has 4 fully saturated rings. The van der Waals surface area contributed by atoms with Crippen molar-refractivity contribution in [2.24, 2.45) is 22.4 Å². The van der Waals surface area contributed by atoms with Crippen LogP contribution in [0.3, 0.4) is 0 Å². The molecule has 2 unspecified atom stereocenters. The molecule has 0 amide bonds. The molecule has 0 aromatic heterocycles. The van der Waals surface area contributed by atoms with Gasteiger partial charge in [-0.15, -0.1) is 0 Å². The highest BCUT2D eigenvalue weighted by Crippen LogP contribution is 2.65. The van der Waals surface area contributed by atoms with Gasteiger partial charge in [-0.2, -0.15) is 0 Å². The molecule has 0 saturated heterocycles. The van der Waals surface area contributed by atoms with Crippen molar-refractivity contribution in [2.75, 3.05) is 0 Å². The van der Waals surface area contributed by atoms with Crippen LogP contribution in [0, 0.1) is 16.7 Å². The maximum Gasteiger partial charge on any atom is 0.119 e. The van der Waals surface area contributed by atoms with E-state index in [2.05, 4.69) is 0 Å². The lowest BCUT2D eigenvalue weighted by atomic mass is 9.43. The van der Waals surface area contributed by atoms with Crippen LogP contribution in [0.5, 0.6) is 0 Å². The number of rotatable bonds is 1. The Bertz CT molecular complexity index is 867. The van der Waals surface area contributed by atoms with Crippen molar-refractivity contribution in [3.05, 3.63) is 0 Å². The highest BCUT2D eigenvalue weighted by Gasteiger charge is 2.58. The summed E-state index contributed by atoms with van der Waals surface area (Å²) in [6.07, 6.45) is -26.4. The highest BCUT2D eigenvalue weighted by atomic mass is 14.8. The summed E-state index contributed by atoms with van der Waals surface area (Å²) in [5.74, 6) is -4.33. The van der Waals surface area contributed by atoms with E-state index in [1.54, 1.807) is 0 Å². The van der Waals surface area contributed by atoms with E-state index in [0.29, 0.717) is 0 Å². The van der Waals surface area contributed by atoms with Crippen LogP contribution in [0.25, 0.3) is 0 Å². The molecule has 4 rings (SSSR count). The molecule has 74 valence electrons. The van der Waals surface area contributed by atoms with E-state index in [1.165, 1.54) is 0 Å². The molecule has 4 bridgehead atoms. The average Bonchev–Trinajstić information content (AvgIpc) is 2.44. The second kappa shape index (κ2) is 1.98. The Kier molecular flexibility index (Phi) is 0.218. The molecule has 2 atom stereocenters. The van der Waals surface area contributed by atoms with Crippen LogP contribution in [-0.2, 0) is 0 Å². The standard InChI is InChI=1S/C12H21N/c1-10-3-9-4-11(2,6-10)8-12(13,5-9)7-10/h9H,3-8,13H2,1-2H3/i1D3,2D3,3D2,4D2,5D2,6D2,7D2,8D2,9D/hD2. The third-order valence-electron chi connectivity index (χ3n) is 2.04. The van der Waals surface area contributed by atoms with E-state index in [0.717, 1.165) is 0 Å². The Balaban J connectivity index is 2.96. The van der Waals surface area contributed by atoms with Crippen LogP contribution in [0.15, 0.2) is 0 Å². The summed E-state index contributed by atoms with van der Waals surface area (Å²) in [5.41, 5.74) is -14.2. The predicted molar refractivity (Wildman–Crippen MR) is 54.3 cm³/mol. The fourth-order valence-electron chi connectivity index (χ4n) is 1.75. The second-order valence-electron chi connectivity index (χ2n) is 3.34. The van der Waals surface area contributed by atoms with Gasteiger partial charge in [-0.3, -0.25) is 0 Å². The number of hydrogen-bond donors (Lipinski definition) is 1. The van der Waals surface area contributed by atoms with Crippen LogP contribution in [0.1, 0.15) is 78.0 Å². The van der Waals surface area contributed by atoms with E-state index in [1.807, 2.05) is 0 Å². The fraction of sp³-hybridized carbons (Fsp3) is 1.00. The van der Waals surface area contributed by atoms with Crippen molar-refractivity contribution >= 4 is 0 Å². The van der Waals surface area contributed by atoms with Gasteiger partial charge in [0, 0.05) is 31.6 Å². The summed E-state index contributed by atoms with van der Waals surface area (Å²) >= 11 is 0. The molecule has 4 aliphatic carbocycles. The van der Waals surface area contributed by atoms with Crippen LogP contribution in [0.4, 0.5) is 0 Å². The first-order valence-corrected chi connectivity index (χ1v) is 3.72. The molecular weight excluding hydrogens is 158 g/mol. The largest absolute Gasteiger partial charge is 0.325 e. The van der Waals surface area contributed by atoms with Gasteiger partial charge in [-0.05, 0) is 55.0 Å². The Morgan fingerprint density at radius 1 is 1.31 bits per heavy atom. The molecule has 1 nitrogen and oxygen atoms in total. The van der Waals surface area contributed by atoms with Gasteiger partial charge in [-0.25, -0.2) is 0 Å². The zero-order chi connectivity index (χ0) is 27.6. The molecule has 0 heterocycles. The molecule has 1 heteroatoms. The molecule has 0 radical (unpaired) electrons. The van der Waals surface area contributed by atoms with Crippen molar-refractivity contribution in [3.8, 4) is 0 Å². The van der Waals surface area contributed by atoms with E-state index in [4.69, 9.17) is 28.9 Å². The molecule has 4 aliphatic rings. The van der Waals surface area contributed by atoms with Gasteiger partial charge in [0.2, 0.25) is 0 Å². The fourth-order valence-corrected chi connectivity index (χ4v) is 1.75. The van der Waals surface area contributed by atoms with Crippen LogP contribution < -0.4 is 5.72 Å². The van der Waals surface area contributed by atoms with Gasteiger partial charge in [0.25, 0.3) is 0 Å². The summed E-state index contributed by atoms with van der Waals surface area (Å²) in [4.78, 5) is 0. The van der Waals surface area contributed by atoms with Crippen molar-refractivity contribution in [1.82, 2.24) is 0 Å². The first kappa shape index (κ1) is 1.43. The quantitative estimate of drug-likeness (QED) is 0.692. The van der Waals surface area contributed by atoms with Crippen molar-refractivity contribution < 1.29 is 28.9 Å². The zero-order valence-corrected chi connectivity index (χ0v) is 6.45. The van der Waals surface area contributed by atoms with Crippen LogP contribution in [0.2, 0.25) is 2.82 Å². The summed E-state index contributed by atoms with van der Waals surface area (Å²) in [7, 11) is 0. The first-order chi connectivity index (χ1) is 14.4. The summed E-state index contributed by atoms with van der Waals surface area (Å²) in [5, 5.41) is 0. The molecule has 4 saturated carbocycles. The van der Waals surface area contributed by atoms with Crippen molar-refractivity contribution in [2.45, 2.75) is 57.5 Å². The van der Waals surface area contributed by atoms with Gasteiger partial charge >= 0.3 is 0 Å². The lowest BCUT2D eigenvalue weighted by Gasteiger charge is -2.64. The molecular formula is C12H21N. The third kappa shape index (κ3) is 1.09. The zero-order valence-electron chi connectivity index (χ0n) is 27.4. The summed E-state index contributed by atoms with van der Waals surface area (Å²) in [6.45, 7) is -8.59. The number of nitrogens with two attached hydrogens (primary N) is 1.